The van der Waals surface area contributed by atoms with Crippen LogP contribution in [0.4, 0.5) is 4.39 Å². The van der Waals surface area contributed by atoms with Gasteiger partial charge in [-0.1, -0.05) is 48.6 Å². The van der Waals surface area contributed by atoms with Gasteiger partial charge in [0.1, 0.15) is 29.2 Å². The van der Waals surface area contributed by atoms with E-state index >= 15 is 4.39 Å². The van der Waals surface area contributed by atoms with Gasteiger partial charge in [-0.15, -0.1) is 11.8 Å². The topological polar surface area (TPSA) is 27.7 Å². The van der Waals surface area contributed by atoms with E-state index in [4.69, 9.17) is 14.2 Å². The third kappa shape index (κ3) is 3.03. The predicted molar refractivity (Wildman–Crippen MR) is 134 cm³/mol. The molecule has 0 fully saturated rings. The van der Waals surface area contributed by atoms with Crippen LogP contribution in [0.15, 0.2) is 89.4 Å². The maximum atomic E-state index is 15.5. The van der Waals surface area contributed by atoms with E-state index in [9.17, 15) is 0 Å². The van der Waals surface area contributed by atoms with Crippen LogP contribution in [0.3, 0.4) is 0 Å². The molecular weight excluding hydrogens is 447 g/mol. The lowest BCUT2D eigenvalue weighted by atomic mass is 9.70. The molecule has 0 aromatic heterocycles. The second-order valence-electron chi connectivity index (χ2n) is 8.52. The molecule has 1 aliphatic carbocycles. The number of halogens is 1. The molecule has 0 N–H and O–H groups in total. The minimum Gasteiger partial charge on any atom is -0.497 e. The van der Waals surface area contributed by atoms with E-state index in [0.29, 0.717) is 22.8 Å². The zero-order chi connectivity index (χ0) is 23.3. The van der Waals surface area contributed by atoms with Crippen molar-refractivity contribution < 1.29 is 18.6 Å². The summed E-state index contributed by atoms with van der Waals surface area (Å²) in [5.74, 6) is 2.63. The second-order valence-corrected chi connectivity index (χ2v) is 9.51. The quantitative estimate of drug-likeness (QED) is 0.432. The van der Waals surface area contributed by atoms with Crippen LogP contribution in [0, 0.1) is 5.82 Å². The average molecular weight is 471 g/mol. The molecule has 0 saturated heterocycles. The molecule has 5 heteroatoms. The highest BCUT2D eigenvalue weighted by molar-refractivity contribution is 7.99. The zero-order valence-electron chi connectivity index (χ0n) is 18.9. The molecule has 34 heavy (non-hydrogen) atoms. The van der Waals surface area contributed by atoms with Crippen LogP contribution in [0.5, 0.6) is 17.2 Å². The first-order valence-electron chi connectivity index (χ1n) is 11.2. The van der Waals surface area contributed by atoms with E-state index in [-0.39, 0.29) is 11.9 Å². The van der Waals surface area contributed by atoms with Crippen molar-refractivity contribution in [3.63, 3.8) is 0 Å². The molecule has 6 rings (SSSR count). The summed E-state index contributed by atoms with van der Waals surface area (Å²) in [7, 11) is 3.27. The lowest BCUT2D eigenvalue weighted by Crippen LogP contribution is -2.31. The summed E-state index contributed by atoms with van der Waals surface area (Å²) in [6.07, 6.45) is 10.3. The monoisotopic (exact) mass is 470 g/mol. The van der Waals surface area contributed by atoms with E-state index in [0.717, 1.165) is 32.9 Å². The van der Waals surface area contributed by atoms with E-state index in [2.05, 4.69) is 24.3 Å². The van der Waals surface area contributed by atoms with Gasteiger partial charge >= 0.3 is 0 Å². The number of hydrogen-bond acceptors (Lipinski definition) is 4. The largest absolute Gasteiger partial charge is 0.497 e. The number of ether oxygens (including phenoxy) is 3. The molecule has 3 aromatic carbocycles. The van der Waals surface area contributed by atoms with Crippen LogP contribution in [-0.4, -0.2) is 26.1 Å². The molecule has 2 aliphatic heterocycles. The lowest BCUT2D eigenvalue weighted by molar-refractivity contribution is 0.282. The summed E-state index contributed by atoms with van der Waals surface area (Å²) in [5, 5.41) is 0. The molecule has 3 aliphatic rings. The average Bonchev–Trinajstić information content (AvgIpc) is 3.28. The Morgan fingerprint density at radius 2 is 1.82 bits per heavy atom. The third-order valence-corrected chi connectivity index (χ3v) is 8.14. The molecule has 0 spiro atoms. The van der Waals surface area contributed by atoms with Gasteiger partial charge in [0.25, 0.3) is 0 Å². The summed E-state index contributed by atoms with van der Waals surface area (Å²) < 4.78 is 33.0. The number of thioether (sulfide) groups is 1. The Kier molecular flexibility index (Phi) is 5.03. The molecule has 3 aromatic rings. The Balaban J connectivity index is 1.62. The van der Waals surface area contributed by atoms with Crippen LogP contribution >= 0.6 is 11.8 Å². The van der Waals surface area contributed by atoms with Crippen molar-refractivity contribution in [3.05, 3.63) is 113 Å². The van der Waals surface area contributed by atoms with E-state index in [1.165, 1.54) is 6.07 Å². The Hall–Kier alpha value is -3.44. The third-order valence-electron chi connectivity index (χ3n) is 6.83. The minimum absolute atomic E-state index is 0.0695. The molecule has 2 atom stereocenters. The normalized spacial score (nSPS) is 21.7. The van der Waals surface area contributed by atoms with Gasteiger partial charge in [-0.2, -0.15) is 0 Å². The molecule has 2 unspecified atom stereocenters. The summed E-state index contributed by atoms with van der Waals surface area (Å²) >= 11 is 1.74. The Morgan fingerprint density at radius 1 is 0.971 bits per heavy atom. The number of hydrogen-bond donors (Lipinski definition) is 0. The smallest absolute Gasteiger partial charge is 0.142 e. The van der Waals surface area contributed by atoms with Crippen LogP contribution in [-0.2, 0) is 5.41 Å². The minimum atomic E-state index is -0.727. The van der Waals surface area contributed by atoms with Gasteiger partial charge in [-0.3, -0.25) is 0 Å². The predicted octanol–water partition coefficient (Wildman–Crippen LogP) is 6.55. The first-order valence-corrected chi connectivity index (χ1v) is 12.1. The van der Waals surface area contributed by atoms with Crippen molar-refractivity contribution in [2.45, 2.75) is 16.4 Å². The summed E-state index contributed by atoms with van der Waals surface area (Å²) in [4.78, 5) is 1.12. The summed E-state index contributed by atoms with van der Waals surface area (Å²) in [6, 6.07) is 16.9. The van der Waals surface area contributed by atoms with E-state index in [1.807, 2.05) is 48.6 Å². The molecule has 0 amide bonds. The Bertz CT molecular complexity index is 1390. The highest BCUT2D eigenvalue weighted by Crippen LogP contribution is 2.57. The van der Waals surface area contributed by atoms with Crippen molar-refractivity contribution in [2.24, 2.45) is 0 Å². The maximum Gasteiger partial charge on any atom is 0.142 e. The highest BCUT2D eigenvalue weighted by Gasteiger charge is 2.47. The fourth-order valence-electron chi connectivity index (χ4n) is 5.20. The van der Waals surface area contributed by atoms with Crippen LogP contribution < -0.4 is 14.2 Å². The Labute approximate surface area is 202 Å². The summed E-state index contributed by atoms with van der Waals surface area (Å²) in [5.41, 5.74) is 4.05. The molecule has 0 saturated carbocycles. The van der Waals surface area contributed by atoms with E-state index < -0.39 is 5.41 Å². The fourth-order valence-corrected chi connectivity index (χ4v) is 6.74. The van der Waals surface area contributed by atoms with Crippen molar-refractivity contribution in [1.82, 2.24) is 0 Å². The van der Waals surface area contributed by atoms with E-state index in [1.54, 1.807) is 32.0 Å². The number of benzene rings is 3. The van der Waals surface area contributed by atoms with Crippen molar-refractivity contribution in [3.8, 4) is 17.2 Å². The van der Waals surface area contributed by atoms with Gasteiger partial charge in [0.2, 0.25) is 0 Å². The molecule has 3 nitrogen and oxygen atoms in total. The number of rotatable bonds is 4. The van der Waals surface area contributed by atoms with Crippen LogP contribution in [0.25, 0.3) is 6.08 Å². The molecule has 0 bridgehead atoms. The van der Waals surface area contributed by atoms with Gasteiger partial charge in [0, 0.05) is 33.4 Å². The second kappa shape index (κ2) is 8.10. The van der Waals surface area contributed by atoms with Crippen molar-refractivity contribution in [1.29, 1.82) is 0 Å². The van der Waals surface area contributed by atoms with Gasteiger partial charge in [0.15, 0.2) is 0 Å². The van der Waals surface area contributed by atoms with Crippen molar-refractivity contribution >= 4 is 17.8 Å². The lowest BCUT2D eigenvalue weighted by Gasteiger charge is -2.33. The molecule has 170 valence electrons. The SMILES string of the molecule is COc1ccc(C2(c3ccccc3F)CSc3c2ccc2c3C=C3C=CC=CC3O2)c(OC)c1. The molecular formula is C29H23FO3S. The first kappa shape index (κ1) is 21.1. The number of allylic oxidation sites excluding steroid dienone is 2. The maximum absolute atomic E-state index is 15.5. The highest BCUT2D eigenvalue weighted by atomic mass is 32.2. The zero-order valence-corrected chi connectivity index (χ0v) is 19.7. The van der Waals surface area contributed by atoms with Crippen LogP contribution in [0.1, 0.15) is 22.3 Å². The fraction of sp³-hybridized carbons (Fsp3) is 0.172. The number of fused-ring (bicyclic) bond motifs is 4. The van der Waals surface area contributed by atoms with Gasteiger partial charge in [0.05, 0.1) is 19.6 Å². The first-order chi connectivity index (χ1) is 16.7. The van der Waals surface area contributed by atoms with Crippen LogP contribution in [0.2, 0.25) is 0 Å². The van der Waals surface area contributed by atoms with Gasteiger partial charge in [-0.25, -0.2) is 4.39 Å². The molecule has 0 radical (unpaired) electrons. The van der Waals surface area contributed by atoms with Crippen molar-refractivity contribution in [2.75, 3.05) is 20.0 Å². The number of methoxy groups -OCH3 is 2. The van der Waals surface area contributed by atoms with Gasteiger partial charge in [-0.05, 0) is 41.5 Å². The Morgan fingerprint density at radius 3 is 2.65 bits per heavy atom. The molecule has 2 heterocycles. The summed E-state index contributed by atoms with van der Waals surface area (Å²) in [6.45, 7) is 0. The standard InChI is InChI=1S/C29H23FO3S/c1-31-19-11-12-22(27(16-19)32-2)29(21-8-4-5-9-24(21)30)17-34-28-20-15-18-7-3-6-10-25(18)33-26(20)14-13-23(28)29/h3-16,25H,17H2,1-2H3. The van der Waals surface area contributed by atoms with Gasteiger partial charge < -0.3 is 14.2 Å².